The van der Waals surface area contributed by atoms with Gasteiger partial charge in [0.05, 0.1) is 0 Å². The summed E-state index contributed by atoms with van der Waals surface area (Å²) in [5.41, 5.74) is 2.09. The van der Waals surface area contributed by atoms with Gasteiger partial charge in [0.2, 0.25) is 0 Å². The van der Waals surface area contributed by atoms with Gasteiger partial charge in [-0.15, -0.1) is 0 Å². The number of hydrogen-bond acceptors (Lipinski definition) is 2. The first-order valence-corrected chi connectivity index (χ1v) is 7.06. The van der Waals surface area contributed by atoms with Gasteiger partial charge in [-0.1, -0.05) is 38.1 Å². The van der Waals surface area contributed by atoms with Gasteiger partial charge in [0, 0.05) is 5.56 Å². The SMILES string of the molecule is CCCN(CCC)CCCc1ccc(C=O)cc1. The lowest BCUT2D eigenvalue weighted by molar-refractivity contribution is 0.112. The number of aldehydes is 1. The van der Waals surface area contributed by atoms with Crippen LogP contribution < -0.4 is 0 Å². The van der Waals surface area contributed by atoms with Gasteiger partial charge in [0.1, 0.15) is 6.29 Å². The van der Waals surface area contributed by atoms with Crippen LogP contribution >= 0.6 is 0 Å². The van der Waals surface area contributed by atoms with Crippen molar-refractivity contribution in [2.24, 2.45) is 0 Å². The highest BCUT2D eigenvalue weighted by molar-refractivity contribution is 5.74. The van der Waals surface area contributed by atoms with Crippen molar-refractivity contribution in [2.75, 3.05) is 19.6 Å². The summed E-state index contributed by atoms with van der Waals surface area (Å²) in [4.78, 5) is 13.1. The van der Waals surface area contributed by atoms with Crippen molar-refractivity contribution in [3.05, 3.63) is 35.4 Å². The molecule has 2 nitrogen and oxygen atoms in total. The average Bonchev–Trinajstić information content (AvgIpc) is 2.40. The first-order valence-electron chi connectivity index (χ1n) is 7.06. The lowest BCUT2D eigenvalue weighted by Gasteiger charge is -2.20. The smallest absolute Gasteiger partial charge is 0.150 e. The number of carbonyl (C=O) groups is 1. The van der Waals surface area contributed by atoms with Gasteiger partial charge in [-0.05, 0) is 50.9 Å². The fraction of sp³-hybridized carbons (Fsp3) is 0.562. The van der Waals surface area contributed by atoms with Crippen LogP contribution in [0.3, 0.4) is 0 Å². The molecule has 0 aliphatic heterocycles. The van der Waals surface area contributed by atoms with Crippen LogP contribution in [0.4, 0.5) is 0 Å². The van der Waals surface area contributed by atoms with Gasteiger partial charge in [-0.2, -0.15) is 0 Å². The third kappa shape index (κ3) is 5.46. The van der Waals surface area contributed by atoms with Gasteiger partial charge < -0.3 is 4.90 Å². The maximum absolute atomic E-state index is 10.6. The Hall–Kier alpha value is -1.15. The molecule has 0 heterocycles. The summed E-state index contributed by atoms with van der Waals surface area (Å²) >= 11 is 0. The third-order valence-electron chi connectivity index (χ3n) is 3.14. The van der Waals surface area contributed by atoms with E-state index in [1.54, 1.807) is 0 Å². The second kappa shape index (κ2) is 8.87. The van der Waals surface area contributed by atoms with Crippen LogP contribution in [0.25, 0.3) is 0 Å². The van der Waals surface area contributed by atoms with Crippen LogP contribution in [-0.4, -0.2) is 30.8 Å². The number of nitrogens with zero attached hydrogens (tertiary/aromatic N) is 1. The van der Waals surface area contributed by atoms with Gasteiger partial charge in [0.15, 0.2) is 0 Å². The third-order valence-corrected chi connectivity index (χ3v) is 3.14. The number of rotatable bonds is 9. The Balaban J connectivity index is 2.32. The minimum atomic E-state index is 0.761. The fourth-order valence-corrected chi connectivity index (χ4v) is 2.24. The van der Waals surface area contributed by atoms with E-state index in [0.717, 1.165) is 18.3 Å². The molecule has 0 saturated heterocycles. The van der Waals surface area contributed by atoms with E-state index in [1.165, 1.54) is 44.5 Å². The molecule has 0 N–H and O–H groups in total. The van der Waals surface area contributed by atoms with Gasteiger partial charge >= 0.3 is 0 Å². The molecule has 1 aromatic carbocycles. The van der Waals surface area contributed by atoms with E-state index in [-0.39, 0.29) is 0 Å². The van der Waals surface area contributed by atoms with E-state index in [0.29, 0.717) is 0 Å². The first kappa shape index (κ1) is 14.9. The summed E-state index contributed by atoms with van der Waals surface area (Å²) in [6.07, 6.45) is 5.65. The number of benzene rings is 1. The van der Waals surface area contributed by atoms with Crippen molar-refractivity contribution in [2.45, 2.75) is 39.5 Å². The maximum atomic E-state index is 10.6. The minimum Gasteiger partial charge on any atom is -0.303 e. The van der Waals surface area contributed by atoms with E-state index < -0.39 is 0 Å². The highest BCUT2D eigenvalue weighted by Gasteiger charge is 2.02. The lowest BCUT2D eigenvalue weighted by atomic mass is 10.1. The highest BCUT2D eigenvalue weighted by Crippen LogP contribution is 2.06. The Kier molecular flexibility index (Phi) is 7.35. The van der Waals surface area contributed by atoms with Crippen molar-refractivity contribution >= 4 is 6.29 Å². The van der Waals surface area contributed by atoms with Crippen molar-refractivity contribution in [3.8, 4) is 0 Å². The first-order chi connectivity index (χ1) is 8.80. The molecule has 0 aliphatic carbocycles. The number of hydrogen-bond donors (Lipinski definition) is 0. The fourth-order valence-electron chi connectivity index (χ4n) is 2.24. The molecule has 0 amide bonds. The van der Waals surface area contributed by atoms with Crippen LogP contribution in [0.1, 0.15) is 49.0 Å². The molecule has 0 unspecified atom stereocenters. The molecular formula is C16H25NO. The summed E-state index contributed by atoms with van der Waals surface area (Å²) in [5, 5.41) is 0. The molecule has 1 aromatic rings. The predicted octanol–water partition coefficient (Wildman–Crippen LogP) is 3.55. The molecule has 0 fully saturated rings. The van der Waals surface area contributed by atoms with E-state index in [4.69, 9.17) is 0 Å². The summed E-state index contributed by atoms with van der Waals surface area (Å²) in [6.45, 7) is 8.06. The number of aryl methyl sites for hydroxylation is 1. The Morgan fingerprint density at radius 2 is 1.61 bits per heavy atom. The molecule has 0 spiro atoms. The van der Waals surface area contributed by atoms with Crippen molar-refractivity contribution in [1.29, 1.82) is 0 Å². The molecule has 0 atom stereocenters. The molecule has 1 rings (SSSR count). The summed E-state index contributed by atoms with van der Waals surface area (Å²) in [6, 6.07) is 7.93. The maximum Gasteiger partial charge on any atom is 0.150 e. The predicted molar refractivity (Wildman–Crippen MR) is 77.2 cm³/mol. The normalized spacial score (nSPS) is 10.8. The lowest BCUT2D eigenvalue weighted by Crippen LogP contribution is -2.26. The van der Waals surface area contributed by atoms with Gasteiger partial charge in [-0.3, -0.25) is 4.79 Å². The highest BCUT2D eigenvalue weighted by atomic mass is 16.1. The topological polar surface area (TPSA) is 20.3 Å². The zero-order valence-electron chi connectivity index (χ0n) is 11.7. The van der Waals surface area contributed by atoms with Crippen LogP contribution in [0, 0.1) is 0 Å². The molecule has 0 saturated carbocycles. The largest absolute Gasteiger partial charge is 0.303 e. The van der Waals surface area contributed by atoms with Crippen molar-refractivity contribution < 1.29 is 4.79 Å². The standard InChI is InChI=1S/C16H25NO/c1-3-11-17(12-4-2)13-5-6-15-7-9-16(14-18)10-8-15/h7-10,14H,3-6,11-13H2,1-2H3. The molecule has 0 aromatic heterocycles. The number of carbonyl (C=O) groups excluding carboxylic acids is 1. The molecule has 18 heavy (non-hydrogen) atoms. The molecule has 0 radical (unpaired) electrons. The van der Waals surface area contributed by atoms with E-state index >= 15 is 0 Å². The Labute approximate surface area is 111 Å². The summed E-state index contributed by atoms with van der Waals surface area (Å²) < 4.78 is 0. The Bertz CT molecular complexity index is 325. The summed E-state index contributed by atoms with van der Waals surface area (Å²) in [7, 11) is 0. The van der Waals surface area contributed by atoms with Gasteiger partial charge in [-0.25, -0.2) is 0 Å². The van der Waals surface area contributed by atoms with Crippen molar-refractivity contribution in [3.63, 3.8) is 0 Å². The quantitative estimate of drug-likeness (QED) is 0.622. The molecule has 0 aliphatic rings. The molecule has 2 heteroatoms. The van der Waals surface area contributed by atoms with E-state index in [1.807, 2.05) is 12.1 Å². The zero-order chi connectivity index (χ0) is 13.2. The zero-order valence-corrected chi connectivity index (χ0v) is 11.7. The van der Waals surface area contributed by atoms with E-state index in [9.17, 15) is 4.79 Å². The van der Waals surface area contributed by atoms with Crippen LogP contribution in [-0.2, 0) is 6.42 Å². The molecule has 100 valence electrons. The van der Waals surface area contributed by atoms with Crippen molar-refractivity contribution in [1.82, 2.24) is 4.90 Å². The van der Waals surface area contributed by atoms with Crippen LogP contribution in [0.15, 0.2) is 24.3 Å². The monoisotopic (exact) mass is 247 g/mol. The second-order valence-corrected chi connectivity index (χ2v) is 4.80. The second-order valence-electron chi connectivity index (χ2n) is 4.80. The average molecular weight is 247 g/mol. The van der Waals surface area contributed by atoms with E-state index in [2.05, 4.69) is 30.9 Å². The van der Waals surface area contributed by atoms with Crippen LogP contribution in [0.5, 0.6) is 0 Å². The van der Waals surface area contributed by atoms with Crippen LogP contribution in [0.2, 0.25) is 0 Å². The minimum absolute atomic E-state index is 0.761. The summed E-state index contributed by atoms with van der Waals surface area (Å²) in [5.74, 6) is 0. The molecular weight excluding hydrogens is 222 g/mol. The Morgan fingerprint density at radius 1 is 1.00 bits per heavy atom. The van der Waals surface area contributed by atoms with Gasteiger partial charge in [0.25, 0.3) is 0 Å². The molecule has 0 bridgehead atoms. The Morgan fingerprint density at radius 3 is 2.11 bits per heavy atom.